The van der Waals surface area contributed by atoms with Crippen molar-refractivity contribution in [2.24, 2.45) is 0 Å². The summed E-state index contributed by atoms with van der Waals surface area (Å²) in [5.74, 6) is -0.0614. The third-order valence-corrected chi connectivity index (χ3v) is 1.84. The van der Waals surface area contributed by atoms with Gasteiger partial charge in [0.05, 0.1) is 23.4 Å². The van der Waals surface area contributed by atoms with E-state index in [1.165, 1.54) is 6.07 Å². The van der Waals surface area contributed by atoms with Gasteiger partial charge < -0.3 is 15.4 Å². The molecule has 72 valence electrons. The van der Waals surface area contributed by atoms with E-state index in [0.29, 0.717) is 13.1 Å². The predicted molar refractivity (Wildman–Crippen MR) is 47.8 cm³/mol. The molecule has 1 aromatic rings. The summed E-state index contributed by atoms with van der Waals surface area (Å²) in [6.07, 6.45) is 0. The summed E-state index contributed by atoms with van der Waals surface area (Å²) in [4.78, 5) is 9.86. The molecule has 6 nitrogen and oxygen atoms in total. The molecule has 0 spiro atoms. The smallest absolute Gasteiger partial charge is 0.358 e. The molecule has 0 atom stereocenters. The van der Waals surface area contributed by atoms with Crippen molar-refractivity contribution in [2.75, 3.05) is 6.54 Å². The van der Waals surface area contributed by atoms with Crippen LogP contribution in [0.4, 0.5) is 5.82 Å². The molecule has 1 aliphatic heterocycles. The van der Waals surface area contributed by atoms with Crippen molar-refractivity contribution in [3.63, 3.8) is 0 Å². The third-order valence-electron chi connectivity index (χ3n) is 1.84. The zero-order chi connectivity index (χ0) is 8.55. The van der Waals surface area contributed by atoms with Crippen molar-refractivity contribution < 1.29 is 4.92 Å². The molecule has 0 aliphatic carbocycles. The first-order valence-corrected chi connectivity index (χ1v) is 3.69. The molecule has 1 aliphatic rings. The zero-order valence-electron chi connectivity index (χ0n) is 6.77. The van der Waals surface area contributed by atoms with E-state index in [0.717, 1.165) is 12.2 Å². The van der Waals surface area contributed by atoms with E-state index in [1.54, 1.807) is 4.68 Å². The minimum atomic E-state index is -0.467. The van der Waals surface area contributed by atoms with Crippen molar-refractivity contribution in [2.45, 2.75) is 13.1 Å². The maximum absolute atomic E-state index is 10.3. The van der Waals surface area contributed by atoms with Gasteiger partial charge in [-0.25, -0.2) is 0 Å². The van der Waals surface area contributed by atoms with Crippen LogP contribution in [0.25, 0.3) is 0 Å². The number of nitrogens with zero attached hydrogens (tertiary/aromatic N) is 3. The topological polar surface area (TPSA) is 73.0 Å². The van der Waals surface area contributed by atoms with Gasteiger partial charge in [-0.2, -0.15) is 4.68 Å². The SMILES string of the molecule is Cl.O=[N+]([O-])c1cc2n(n1)CCNC2. The fraction of sp³-hybridized carbons (Fsp3) is 0.500. The Morgan fingerprint density at radius 3 is 3.08 bits per heavy atom. The van der Waals surface area contributed by atoms with Crippen molar-refractivity contribution >= 4 is 18.2 Å². The number of nitro groups is 1. The maximum Gasteiger partial charge on any atom is 0.390 e. The van der Waals surface area contributed by atoms with Gasteiger partial charge in [-0.05, 0) is 4.92 Å². The number of nitrogens with one attached hydrogen (secondary N) is 1. The first-order chi connectivity index (χ1) is 5.77. The average molecular weight is 205 g/mol. The highest BCUT2D eigenvalue weighted by Crippen LogP contribution is 2.13. The molecule has 0 amide bonds. The number of halogens is 1. The van der Waals surface area contributed by atoms with Gasteiger partial charge in [-0.15, -0.1) is 12.4 Å². The first-order valence-electron chi connectivity index (χ1n) is 3.69. The minimum absolute atomic E-state index is 0. The Bertz CT molecular complexity index is 301. The molecule has 0 fully saturated rings. The number of fused-ring (bicyclic) bond motifs is 1. The summed E-state index contributed by atoms with van der Waals surface area (Å²) in [7, 11) is 0. The Hall–Kier alpha value is -1.14. The fourth-order valence-corrected chi connectivity index (χ4v) is 1.27. The van der Waals surface area contributed by atoms with Crippen molar-refractivity contribution in [1.82, 2.24) is 15.1 Å². The van der Waals surface area contributed by atoms with Gasteiger partial charge in [0.15, 0.2) is 0 Å². The summed E-state index contributed by atoms with van der Waals surface area (Å²) in [6.45, 7) is 2.20. The van der Waals surface area contributed by atoms with Crippen LogP contribution in [-0.4, -0.2) is 21.2 Å². The second kappa shape index (κ2) is 3.71. The second-order valence-corrected chi connectivity index (χ2v) is 2.65. The molecule has 2 heterocycles. The Labute approximate surface area is 80.5 Å². The Kier molecular flexibility index (Phi) is 2.84. The van der Waals surface area contributed by atoms with E-state index in [9.17, 15) is 10.1 Å². The van der Waals surface area contributed by atoms with Gasteiger partial charge >= 0.3 is 5.82 Å². The van der Waals surface area contributed by atoms with E-state index >= 15 is 0 Å². The lowest BCUT2D eigenvalue weighted by Gasteiger charge is -2.09. The van der Waals surface area contributed by atoms with Crippen LogP contribution >= 0.6 is 12.4 Å². The number of hydrogen-bond donors (Lipinski definition) is 1. The van der Waals surface area contributed by atoms with Crippen LogP contribution in [-0.2, 0) is 13.1 Å². The largest absolute Gasteiger partial charge is 0.390 e. The van der Waals surface area contributed by atoms with Crippen molar-refractivity contribution in [3.05, 3.63) is 21.9 Å². The second-order valence-electron chi connectivity index (χ2n) is 2.65. The number of hydrogen-bond acceptors (Lipinski definition) is 4. The van der Waals surface area contributed by atoms with Crippen LogP contribution in [0.15, 0.2) is 6.07 Å². The molecule has 0 aromatic carbocycles. The van der Waals surface area contributed by atoms with E-state index in [2.05, 4.69) is 10.4 Å². The molecule has 2 rings (SSSR count). The number of rotatable bonds is 1. The van der Waals surface area contributed by atoms with Gasteiger partial charge in [-0.3, -0.25) is 0 Å². The summed E-state index contributed by atoms with van der Waals surface area (Å²) in [6, 6.07) is 1.51. The predicted octanol–water partition coefficient (Wildman–Crippen LogP) is 0.316. The molecule has 1 N–H and O–H groups in total. The first kappa shape index (κ1) is 9.94. The summed E-state index contributed by atoms with van der Waals surface area (Å²) < 4.78 is 1.68. The quantitative estimate of drug-likeness (QED) is 0.528. The highest BCUT2D eigenvalue weighted by Gasteiger charge is 2.19. The lowest BCUT2D eigenvalue weighted by molar-refractivity contribution is -0.389. The van der Waals surface area contributed by atoms with E-state index < -0.39 is 4.92 Å². The molecule has 7 heteroatoms. The highest BCUT2D eigenvalue weighted by atomic mass is 35.5. The lowest BCUT2D eigenvalue weighted by Crippen LogP contribution is -2.28. The van der Waals surface area contributed by atoms with Crippen molar-refractivity contribution in [3.8, 4) is 0 Å². The van der Waals surface area contributed by atoms with Crippen molar-refractivity contribution in [1.29, 1.82) is 0 Å². The summed E-state index contributed by atoms with van der Waals surface area (Å²) in [5, 5.41) is 17.3. The molecule has 0 radical (unpaired) electrons. The maximum atomic E-state index is 10.3. The van der Waals surface area contributed by atoms with Gasteiger partial charge in [0.25, 0.3) is 0 Å². The number of aromatic nitrogens is 2. The van der Waals surface area contributed by atoms with Crippen LogP contribution < -0.4 is 5.32 Å². The monoisotopic (exact) mass is 204 g/mol. The van der Waals surface area contributed by atoms with Gasteiger partial charge in [0, 0.05) is 13.1 Å². The molecular weight excluding hydrogens is 196 g/mol. The fourth-order valence-electron chi connectivity index (χ4n) is 1.27. The average Bonchev–Trinajstić information content (AvgIpc) is 2.46. The van der Waals surface area contributed by atoms with E-state index in [1.807, 2.05) is 0 Å². The molecule has 0 saturated carbocycles. The van der Waals surface area contributed by atoms with Crippen LogP contribution in [0.2, 0.25) is 0 Å². The summed E-state index contributed by atoms with van der Waals surface area (Å²) >= 11 is 0. The van der Waals surface area contributed by atoms with Gasteiger partial charge in [-0.1, -0.05) is 0 Å². The molecule has 0 saturated heterocycles. The minimum Gasteiger partial charge on any atom is -0.358 e. The van der Waals surface area contributed by atoms with E-state index in [-0.39, 0.29) is 18.2 Å². The Morgan fingerprint density at radius 2 is 2.46 bits per heavy atom. The Balaban J connectivity index is 0.000000845. The Morgan fingerprint density at radius 1 is 1.69 bits per heavy atom. The van der Waals surface area contributed by atoms with Gasteiger partial charge in [0.1, 0.15) is 0 Å². The normalized spacial score (nSPS) is 14.5. The molecule has 1 aromatic heterocycles. The highest BCUT2D eigenvalue weighted by molar-refractivity contribution is 5.85. The van der Waals surface area contributed by atoms with Gasteiger partial charge in [0.2, 0.25) is 0 Å². The standard InChI is InChI=1S/C6H8N4O2.ClH/c11-10(12)6-3-5-4-7-1-2-9(5)8-6;/h3,7H,1-2,4H2;1H. The zero-order valence-corrected chi connectivity index (χ0v) is 7.58. The molecule has 13 heavy (non-hydrogen) atoms. The molecular formula is C6H9ClN4O2. The van der Waals surface area contributed by atoms with E-state index in [4.69, 9.17) is 0 Å². The molecule has 0 unspecified atom stereocenters. The van der Waals surface area contributed by atoms with Crippen LogP contribution in [0.5, 0.6) is 0 Å². The third kappa shape index (κ3) is 1.78. The molecule has 0 bridgehead atoms. The van der Waals surface area contributed by atoms with Crippen LogP contribution in [0.1, 0.15) is 5.69 Å². The summed E-state index contributed by atoms with van der Waals surface area (Å²) in [5.41, 5.74) is 0.882. The van der Waals surface area contributed by atoms with Crippen LogP contribution in [0.3, 0.4) is 0 Å². The van der Waals surface area contributed by atoms with Crippen LogP contribution in [0, 0.1) is 10.1 Å². The lowest BCUT2D eigenvalue weighted by atomic mass is 10.3.